The third kappa shape index (κ3) is 2.10. The van der Waals surface area contributed by atoms with Crippen LogP contribution in [0, 0.1) is 5.92 Å². The zero-order chi connectivity index (χ0) is 11.0. The second-order valence-electron chi connectivity index (χ2n) is 5.57. The molecule has 0 N–H and O–H groups in total. The lowest BCUT2D eigenvalue weighted by Gasteiger charge is -2.36. The third-order valence-corrected chi connectivity index (χ3v) is 4.36. The molecule has 16 heavy (non-hydrogen) atoms. The lowest BCUT2D eigenvalue weighted by molar-refractivity contribution is -0.134. The smallest absolute Gasteiger partial charge is 0.225 e. The van der Waals surface area contributed by atoms with Gasteiger partial charge in [0.05, 0.1) is 0 Å². The lowest BCUT2D eigenvalue weighted by Crippen LogP contribution is -2.46. The number of likely N-dealkylation sites (tertiary alicyclic amines) is 2. The molecule has 3 rings (SSSR count). The largest absolute Gasteiger partial charge is 0.342 e. The Morgan fingerprint density at radius 3 is 2.06 bits per heavy atom. The Balaban J connectivity index is 1.49. The summed E-state index contributed by atoms with van der Waals surface area (Å²) in [6, 6.07) is 0.769. The maximum atomic E-state index is 11.9. The predicted molar refractivity (Wildman–Crippen MR) is 63.1 cm³/mol. The molecular formula is C13H22N2O. The van der Waals surface area contributed by atoms with Gasteiger partial charge in [-0.2, -0.15) is 0 Å². The Kier molecular flexibility index (Phi) is 2.88. The van der Waals surface area contributed by atoms with Gasteiger partial charge in [-0.1, -0.05) is 0 Å². The summed E-state index contributed by atoms with van der Waals surface area (Å²) in [5, 5.41) is 0. The Labute approximate surface area is 97.8 Å². The summed E-state index contributed by atoms with van der Waals surface area (Å²) in [6.45, 7) is 4.61. The molecule has 0 atom stereocenters. The van der Waals surface area contributed by atoms with Gasteiger partial charge in [0.2, 0.25) is 5.91 Å². The van der Waals surface area contributed by atoms with Crippen molar-refractivity contribution in [3.05, 3.63) is 0 Å². The highest BCUT2D eigenvalue weighted by molar-refractivity contribution is 5.81. The Morgan fingerprint density at radius 2 is 1.50 bits per heavy atom. The van der Waals surface area contributed by atoms with E-state index < -0.39 is 0 Å². The zero-order valence-corrected chi connectivity index (χ0v) is 10.0. The summed E-state index contributed by atoms with van der Waals surface area (Å²) in [7, 11) is 0. The molecule has 0 spiro atoms. The van der Waals surface area contributed by atoms with Crippen molar-refractivity contribution in [1.29, 1.82) is 0 Å². The molecule has 0 unspecified atom stereocenters. The molecule has 90 valence electrons. The fourth-order valence-electron chi connectivity index (χ4n) is 3.15. The molecule has 3 aliphatic rings. The van der Waals surface area contributed by atoms with E-state index in [0.29, 0.717) is 11.8 Å². The third-order valence-electron chi connectivity index (χ3n) is 4.36. The molecule has 0 aromatic heterocycles. The normalized spacial score (nSPS) is 28.6. The van der Waals surface area contributed by atoms with Crippen LogP contribution in [0.4, 0.5) is 0 Å². The first kappa shape index (κ1) is 10.6. The van der Waals surface area contributed by atoms with Gasteiger partial charge in [0, 0.05) is 25.0 Å². The van der Waals surface area contributed by atoms with Crippen molar-refractivity contribution in [3.8, 4) is 0 Å². The highest BCUT2D eigenvalue weighted by Gasteiger charge is 2.35. The average molecular weight is 222 g/mol. The van der Waals surface area contributed by atoms with Crippen molar-refractivity contribution in [2.45, 2.75) is 44.6 Å². The lowest BCUT2D eigenvalue weighted by atomic mass is 10.0. The highest BCUT2D eigenvalue weighted by Crippen LogP contribution is 2.32. The Bertz CT molecular complexity index is 261. The molecule has 0 bridgehead atoms. The summed E-state index contributed by atoms with van der Waals surface area (Å²) < 4.78 is 0. The van der Waals surface area contributed by atoms with Gasteiger partial charge in [0.15, 0.2) is 0 Å². The second kappa shape index (κ2) is 4.36. The van der Waals surface area contributed by atoms with E-state index in [1.165, 1.54) is 38.8 Å². The zero-order valence-electron chi connectivity index (χ0n) is 10.0. The predicted octanol–water partition coefficient (Wildman–Crippen LogP) is 1.48. The van der Waals surface area contributed by atoms with Crippen LogP contribution in [-0.2, 0) is 4.79 Å². The van der Waals surface area contributed by atoms with Crippen LogP contribution >= 0.6 is 0 Å². The minimum atomic E-state index is 0.406. The van der Waals surface area contributed by atoms with Crippen molar-refractivity contribution in [2.24, 2.45) is 5.92 Å². The van der Waals surface area contributed by atoms with E-state index in [4.69, 9.17) is 0 Å². The van der Waals surface area contributed by atoms with Crippen LogP contribution in [0.5, 0.6) is 0 Å². The average Bonchev–Trinajstić information content (AvgIpc) is 3.04. The van der Waals surface area contributed by atoms with Crippen LogP contribution in [0.3, 0.4) is 0 Å². The first-order chi connectivity index (χ1) is 7.84. The molecule has 2 aliphatic heterocycles. The fourth-order valence-corrected chi connectivity index (χ4v) is 3.15. The highest BCUT2D eigenvalue weighted by atomic mass is 16.2. The Hall–Kier alpha value is -0.570. The van der Waals surface area contributed by atoms with E-state index in [1.54, 1.807) is 0 Å². The van der Waals surface area contributed by atoms with E-state index in [1.807, 2.05) is 0 Å². The van der Waals surface area contributed by atoms with E-state index in [9.17, 15) is 4.79 Å². The van der Waals surface area contributed by atoms with Gasteiger partial charge < -0.3 is 9.80 Å². The van der Waals surface area contributed by atoms with E-state index in [0.717, 1.165) is 32.0 Å². The van der Waals surface area contributed by atoms with Gasteiger partial charge >= 0.3 is 0 Å². The molecule has 1 saturated carbocycles. The summed E-state index contributed by atoms with van der Waals surface area (Å²) in [5.74, 6) is 0.850. The molecule has 3 fully saturated rings. The SMILES string of the molecule is O=C(C1CC1)N1CCC(N2CCCC2)CC1. The molecule has 1 amide bonds. The number of nitrogens with zero attached hydrogens (tertiary/aromatic N) is 2. The van der Waals surface area contributed by atoms with Crippen LogP contribution < -0.4 is 0 Å². The van der Waals surface area contributed by atoms with Crippen molar-refractivity contribution in [1.82, 2.24) is 9.80 Å². The van der Waals surface area contributed by atoms with Crippen molar-refractivity contribution < 1.29 is 4.79 Å². The molecule has 3 nitrogen and oxygen atoms in total. The molecule has 2 heterocycles. The number of hydrogen-bond donors (Lipinski definition) is 0. The number of hydrogen-bond acceptors (Lipinski definition) is 2. The quantitative estimate of drug-likeness (QED) is 0.706. The molecule has 0 aromatic carbocycles. The standard InChI is InChI=1S/C13H22N2O/c16-13(11-3-4-11)15-9-5-12(6-10-15)14-7-1-2-8-14/h11-12H,1-10H2. The first-order valence-electron chi connectivity index (χ1n) is 6.87. The Morgan fingerprint density at radius 1 is 0.875 bits per heavy atom. The van der Waals surface area contributed by atoms with Crippen molar-refractivity contribution in [3.63, 3.8) is 0 Å². The van der Waals surface area contributed by atoms with Crippen LogP contribution in [0.15, 0.2) is 0 Å². The van der Waals surface area contributed by atoms with E-state index in [-0.39, 0.29) is 0 Å². The number of amides is 1. The summed E-state index contributed by atoms with van der Waals surface area (Å²) >= 11 is 0. The number of rotatable bonds is 2. The van der Waals surface area contributed by atoms with Crippen molar-refractivity contribution in [2.75, 3.05) is 26.2 Å². The van der Waals surface area contributed by atoms with Gasteiger partial charge in [0.25, 0.3) is 0 Å². The maximum Gasteiger partial charge on any atom is 0.225 e. The number of piperidine rings is 1. The van der Waals surface area contributed by atoms with Crippen LogP contribution in [-0.4, -0.2) is 47.9 Å². The van der Waals surface area contributed by atoms with Gasteiger partial charge in [0.1, 0.15) is 0 Å². The summed E-state index contributed by atoms with van der Waals surface area (Å²) in [5.41, 5.74) is 0. The molecular weight excluding hydrogens is 200 g/mol. The van der Waals surface area contributed by atoms with Gasteiger partial charge in [-0.25, -0.2) is 0 Å². The van der Waals surface area contributed by atoms with Crippen molar-refractivity contribution >= 4 is 5.91 Å². The maximum absolute atomic E-state index is 11.9. The van der Waals surface area contributed by atoms with Crippen LogP contribution in [0.1, 0.15) is 38.5 Å². The minimum Gasteiger partial charge on any atom is -0.342 e. The van der Waals surface area contributed by atoms with E-state index in [2.05, 4.69) is 9.80 Å². The number of carbonyl (C=O) groups excluding carboxylic acids is 1. The first-order valence-corrected chi connectivity index (χ1v) is 6.87. The molecule has 2 saturated heterocycles. The van der Waals surface area contributed by atoms with Gasteiger partial charge in [-0.05, 0) is 51.6 Å². The minimum absolute atomic E-state index is 0.406. The summed E-state index contributed by atoms with van der Waals surface area (Å²) in [4.78, 5) is 16.7. The molecule has 0 radical (unpaired) electrons. The van der Waals surface area contributed by atoms with Crippen LogP contribution in [0.2, 0.25) is 0 Å². The topological polar surface area (TPSA) is 23.6 Å². The van der Waals surface area contributed by atoms with E-state index >= 15 is 0 Å². The summed E-state index contributed by atoms with van der Waals surface area (Å²) in [6.07, 6.45) is 7.45. The molecule has 3 heteroatoms. The fraction of sp³-hybridized carbons (Fsp3) is 0.923. The van der Waals surface area contributed by atoms with Crippen LogP contribution in [0.25, 0.3) is 0 Å². The van der Waals surface area contributed by atoms with Gasteiger partial charge in [-0.3, -0.25) is 4.79 Å². The number of carbonyl (C=O) groups is 1. The molecule has 0 aromatic rings. The van der Waals surface area contributed by atoms with Gasteiger partial charge in [-0.15, -0.1) is 0 Å². The monoisotopic (exact) mass is 222 g/mol. The molecule has 1 aliphatic carbocycles. The second-order valence-corrected chi connectivity index (χ2v) is 5.57.